The van der Waals surface area contributed by atoms with Crippen LogP contribution in [0.25, 0.3) is 10.9 Å². The van der Waals surface area contributed by atoms with E-state index in [0.29, 0.717) is 17.3 Å². The number of halogens is 1. The molecule has 0 bridgehead atoms. The monoisotopic (exact) mass is 483 g/mol. The van der Waals surface area contributed by atoms with Gasteiger partial charge in [0.1, 0.15) is 16.3 Å². The lowest BCUT2D eigenvalue weighted by Gasteiger charge is -2.12. The fraction of sp³-hybridized carbons (Fsp3) is 0.167. The molecular weight excluding hydrogens is 462 g/mol. The van der Waals surface area contributed by atoms with Gasteiger partial charge in [0.25, 0.3) is 5.91 Å². The number of hydrogen-bond acceptors (Lipinski definition) is 5. The number of rotatable bonds is 8. The van der Waals surface area contributed by atoms with E-state index < -0.39 is 9.84 Å². The molecule has 7 nitrogen and oxygen atoms in total. The molecule has 9 heteroatoms. The third-order valence-corrected chi connectivity index (χ3v) is 7.04. The molecule has 0 saturated heterocycles. The second kappa shape index (κ2) is 9.64. The van der Waals surface area contributed by atoms with Crippen LogP contribution in [0, 0.1) is 0 Å². The Bertz CT molecular complexity index is 1370. The van der Waals surface area contributed by atoms with Crippen LogP contribution >= 0.6 is 11.6 Å². The topological polar surface area (TPSA) is 101 Å². The molecule has 4 aromatic rings. The van der Waals surface area contributed by atoms with Crippen LogP contribution in [0.4, 0.5) is 0 Å². The summed E-state index contributed by atoms with van der Waals surface area (Å²) in [5.74, 6) is 0.00525. The average molecular weight is 484 g/mol. The Morgan fingerprint density at radius 1 is 1.12 bits per heavy atom. The van der Waals surface area contributed by atoms with Gasteiger partial charge < -0.3 is 15.0 Å². The lowest BCUT2D eigenvalue weighted by molar-refractivity contribution is 0.0946. The molecule has 1 amide bonds. The molecule has 0 radical (unpaired) electrons. The van der Waals surface area contributed by atoms with Crippen molar-refractivity contribution < 1.29 is 17.9 Å². The number of sulfone groups is 1. The smallest absolute Gasteiger partial charge is 0.267 e. The van der Waals surface area contributed by atoms with E-state index in [1.165, 1.54) is 18.2 Å². The zero-order valence-electron chi connectivity index (χ0n) is 17.8. The molecule has 0 aliphatic heterocycles. The van der Waals surface area contributed by atoms with Crippen LogP contribution in [0.1, 0.15) is 29.4 Å². The van der Waals surface area contributed by atoms with E-state index in [-0.39, 0.29) is 28.0 Å². The predicted molar refractivity (Wildman–Crippen MR) is 126 cm³/mol. The van der Waals surface area contributed by atoms with Gasteiger partial charge in [0, 0.05) is 34.9 Å². The molecule has 2 aromatic heterocycles. The summed E-state index contributed by atoms with van der Waals surface area (Å²) >= 11 is 6.05. The summed E-state index contributed by atoms with van der Waals surface area (Å²) in [6.07, 6.45) is 4.08. The second-order valence-corrected chi connectivity index (χ2v) is 9.77. The van der Waals surface area contributed by atoms with Crippen molar-refractivity contribution in [1.29, 1.82) is 0 Å². The fourth-order valence-corrected chi connectivity index (χ4v) is 4.97. The Balaban J connectivity index is 1.48. The normalized spacial score (nSPS) is 11.5. The Kier molecular flexibility index (Phi) is 6.67. The number of benzene rings is 2. The van der Waals surface area contributed by atoms with E-state index in [9.17, 15) is 13.2 Å². The van der Waals surface area contributed by atoms with Crippen molar-refractivity contribution in [2.24, 2.45) is 0 Å². The van der Waals surface area contributed by atoms with Crippen molar-refractivity contribution in [2.45, 2.75) is 29.7 Å². The second-order valence-electron chi connectivity index (χ2n) is 7.42. The Morgan fingerprint density at radius 3 is 2.64 bits per heavy atom. The first-order valence-corrected chi connectivity index (χ1v) is 12.2. The number of aromatic amines is 1. The minimum absolute atomic E-state index is 0.0257. The lowest BCUT2D eigenvalue weighted by Crippen LogP contribution is -2.23. The molecule has 170 valence electrons. The van der Waals surface area contributed by atoms with Crippen molar-refractivity contribution in [1.82, 2.24) is 15.3 Å². The SMILES string of the molecule is CCCOc1ccc(Cl)cc1S(=O)(=O)c1ccc(CNC(=O)c2cc3cnccc3[nH]2)cc1. The minimum atomic E-state index is -3.84. The van der Waals surface area contributed by atoms with Crippen molar-refractivity contribution >= 4 is 38.2 Å². The number of carbonyl (C=O) groups is 1. The summed E-state index contributed by atoms with van der Waals surface area (Å²) in [6.45, 7) is 2.58. The van der Waals surface area contributed by atoms with E-state index in [2.05, 4.69) is 15.3 Å². The average Bonchev–Trinajstić information content (AvgIpc) is 3.26. The number of H-pyrrole nitrogens is 1. The summed E-state index contributed by atoms with van der Waals surface area (Å²) in [6, 6.07) is 14.4. The van der Waals surface area contributed by atoms with Gasteiger partial charge in [-0.25, -0.2) is 8.42 Å². The lowest BCUT2D eigenvalue weighted by atomic mass is 10.2. The third-order valence-electron chi connectivity index (χ3n) is 5.01. The van der Waals surface area contributed by atoms with Gasteiger partial charge in [-0.2, -0.15) is 0 Å². The number of fused-ring (bicyclic) bond motifs is 1. The van der Waals surface area contributed by atoms with Gasteiger partial charge in [-0.1, -0.05) is 30.7 Å². The highest BCUT2D eigenvalue weighted by atomic mass is 35.5. The first-order chi connectivity index (χ1) is 15.9. The zero-order valence-corrected chi connectivity index (χ0v) is 19.4. The van der Waals surface area contributed by atoms with Gasteiger partial charge in [-0.3, -0.25) is 9.78 Å². The molecule has 0 aliphatic carbocycles. The maximum absolute atomic E-state index is 13.2. The van der Waals surface area contributed by atoms with Gasteiger partial charge in [0.05, 0.1) is 11.5 Å². The molecule has 2 N–H and O–H groups in total. The Labute approximate surface area is 196 Å². The maximum atomic E-state index is 13.2. The standard InChI is InChI=1S/C24H22ClN3O4S/c1-2-11-32-22-8-5-18(25)13-23(22)33(30,31)19-6-3-16(4-7-19)14-27-24(29)21-12-17-15-26-10-9-20(17)28-21/h3-10,12-13,15,28H,2,11,14H2,1H3,(H,27,29). The first-order valence-electron chi connectivity index (χ1n) is 10.4. The summed E-state index contributed by atoms with van der Waals surface area (Å²) in [5, 5.41) is 3.99. The quantitative estimate of drug-likeness (QED) is 0.376. The van der Waals surface area contributed by atoms with Crippen LogP contribution in [0.15, 0.2) is 76.8 Å². The molecular formula is C24H22ClN3O4S. The number of pyridine rings is 1. The molecule has 2 heterocycles. The van der Waals surface area contributed by atoms with Crippen LogP contribution < -0.4 is 10.1 Å². The van der Waals surface area contributed by atoms with Crippen LogP contribution in [-0.4, -0.2) is 30.9 Å². The van der Waals surface area contributed by atoms with E-state index in [4.69, 9.17) is 16.3 Å². The predicted octanol–water partition coefficient (Wildman–Crippen LogP) is 4.77. The highest BCUT2D eigenvalue weighted by molar-refractivity contribution is 7.91. The number of amides is 1. The van der Waals surface area contributed by atoms with Gasteiger partial charge in [-0.05, 0) is 54.4 Å². The van der Waals surface area contributed by atoms with Crippen LogP contribution in [-0.2, 0) is 16.4 Å². The van der Waals surface area contributed by atoms with E-state index in [1.807, 2.05) is 6.92 Å². The number of nitrogens with one attached hydrogen (secondary N) is 2. The molecule has 0 atom stereocenters. The first kappa shape index (κ1) is 22.8. The van der Waals surface area contributed by atoms with Crippen LogP contribution in [0.2, 0.25) is 5.02 Å². The molecule has 0 saturated carbocycles. The largest absolute Gasteiger partial charge is 0.492 e. The van der Waals surface area contributed by atoms with Crippen molar-refractivity contribution in [3.63, 3.8) is 0 Å². The number of hydrogen-bond donors (Lipinski definition) is 2. The summed E-state index contributed by atoms with van der Waals surface area (Å²) in [7, 11) is -3.84. The molecule has 0 unspecified atom stereocenters. The van der Waals surface area contributed by atoms with Crippen molar-refractivity contribution in [3.8, 4) is 5.75 Å². The highest BCUT2D eigenvalue weighted by Crippen LogP contribution is 2.32. The van der Waals surface area contributed by atoms with Gasteiger partial charge in [0.15, 0.2) is 0 Å². The van der Waals surface area contributed by atoms with Gasteiger partial charge in [0.2, 0.25) is 9.84 Å². The molecule has 4 rings (SSSR count). The summed E-state index contributed by atoms with van der Waals surface area (Å²) in [5.41, 5.74) is 2.01. The zero-order chi connectivity index (χ0) is 23.4. The van der Waals surface area contributed by atoms with Crippen molar-refractivity contribution in [2.75, 3.05) is 6.61 Å². The summed E-state index contributed by atoms with van der Waals surface area (Å²) in [4.78, 5) is 19.7. The third kappa shape index (κ3) is 5.02. The molecule has 33 heavy (non-hydrogen) atoms. The Hall–Kier alpha value is -3.36. The number of nitrogens with zero attached hydrogens (tertiary/aromatic N) is 1. The molecule has 0 aliphatic rings. The minimum Gasteiger partial charge on any atom is -0.492 e. The van der Waals surface area contributed by atoms with E-state index in [1.54, 1.807) is 48.8 Å². The number of carbonyl (C=O) groups excluding carboxylic acids is 1. The maximum Gasteiger partial charge on any atom is 0.267 e. The molecule has 0 spiro atoms. The molecule has 0 fully saturated rings. The highest BCUT2D eigenvalue weighted by Gasteiger charge is 2.23. The summed E-state index contributed by atoms with van der Waals surface area (Å²) < 4.78 is 32.0. The van der Waals surface area contributed by atoms with E-state index >= 15 is 0 Å². The van der Waals surface area contributed by atoms with Gasteiger partial charge in [-0.15, -0.1) is 0 Å². The van der Waals surface area contributed by atoms with Crippen LogP contribution in [0.5, 0.6) is 5.75 Å². The Morgan fingerprint density at radius 2 is 1.91 bits per heavy atom. The van der Waals surface area contributed by atoms with Crippen molar-refractivity contribution in [3.05, 3.63) is 83.3 Å². The number of ether oxygens (including phenoxy) is 1. The number of aromatic nitrogens is 2. The van der Waals surface area contributed by atoms with Gasteiger partial charge >= 0.3 is 0 Å². The fourth-order valence-electron chi connectivity index (χ4n) is 3.31. The van der Waals surface area contributed by atoms with Crippen LogP contribution in [0.3, 0.4) is 0 Å². The van der Waals surface area contributed by atoms with E-state index in [0.717, 1.165) is 22.9 Å². The molecule has 2 aromatic carbocycles.